The quantitative estimate of drug-likeness (QED) is 0.875. The maximum absolute atomic E-state index is 5.26. The second-order valence-electron chi connectivity index (χ2n) is 4.67. The number of nitrogens with zero attached hydrogens (tertiary/aromatic N) is 3. The number of hydrogen-bond acceptors (Lipinski definition) is 3. The zero-order chi connectivity index (χ0) is 12.8. The average molecular weight is 308 g/mol. The Labute approximate surface area is 114 Å². The van der Waals surface area contributed by atoms with E-state index in [2.05, 4.69) is 38.1 Å². The van der Waals surface area contributed by atoms with E-state index in [1.54, 1.807) is 18.1 Å². The molecule has 1 fully saturated rings. The van der Waals surface area contributed by atoms with Crippen LogP contribution < -0.4 is 4.74 Å². The maximum Gasteiger partial charge on any atom is 0.161 e. The highest BCUT2D eigenvalue weighted by Gasteiger charge is 2.49. The minimum Gasteiger partial charge on any atom is -0.496 e. The number of hydrogen-bond donors (Lipinski definition) is 0. The van der Waals surface area contributed by atoms with Gasteiger partial charge in [0.15, 0.2) is 5.82 Å². The Morgan fingerprint density at radius 1 is 1.39 bits per heavy atom. The summed E-state index contributed by atoms with van der Waals surface area (Å²) in [6.45, 7) is 0. The smallest absolute Gasteiger partial charge is 0.161 e. The van der Waals surface area contributed by atoms with E-state index in [9.17, 15) is 0 Å². The second-order valence-corrected chi connectivity index (χ2v) is 5.53. The molecule has 18 heavy (non-hydrogen) atoms. The van der Waals surface area contributed by atoms with E-state index < -0.39 is 0 Å². The van der Waals surface area contributed by atoms with Crippen molar-refractivity contribution in [3.8, 4) is 5.75 Å². The molecule has 1 aromatic carbocycles. The van der Waals surface area contributed by atoms with Gasteiger partial charge < -0.3 is 4.74 Å². The zero-order valence-corrected chi connectivity index (χ0v) is 11.9. The molecule has 5 heteroatoms. The van der Waals surface area contributed by atoms with Crippen LogP contribution in [-0.4, -0.2) is 21.9 Å². The van der Waals surface area contributed by atoms with Gasteiger partial charge in [-0.05, 0) is 46.5 Å². The van der Waals surface area contributed by atoms with E-state index in [1.165, 1.54) is 5.56 Å². The van der Waals surface area contributed by atoms with Gasteiger partial charge in [0.1, 0.15) is 12.1 Å². The van der Waals surface area contributed by atoms with Gasteiger partial charge in [-0.1, -0.05) is 6.07 Å². The lowest BCUT2D eigenvalue weighted by Crippen LogP contribution is -2.11. The fourth-order valence-electron chi connectivity index (χ4n) is 2.29. The van der Waals surface area contributed by atoms with Crippen LogP contribution in [0.3, 0.4) is 0 Å². The van der Waals surface area contributed by atoms with E-state index in [0.717, 1.165) is 28.9 Å². The SMILES string of the molecule is COc1ccc(C2(c3ncn(C)n3)CC2)cc1Br. The molecule has 2 aromatic rings. The van der Waals surface area contributed by atoms with E-state index >= 15 is 0 Å². The van der Waals surface area contributed by atoms with E-state index in [4.69, 9.17) is 4.74 Å². The van der Waals surface area contributed by atoms with E-state index in [1.807, 2.05) is 13.1 Å². The van der Waals surface area contributed by atoms with Crippen molar-refractivity contribution >= 4 is 15.9 Å². The molecule has 0 radical (unpaired) electrons. The Morgan fingerprint density at radius 3 is 2.67 bits per heavy atom. The number of halogens is 1. The zero-order valence-electron chi connectivity index (χ0n) is 10.4. The summed E-state index contributed by atoms with van der Waals surface area (Å²) in [6.07, 6.45) is 3.97. The third kappa shape index (κ3) is 1.73. The van der Waals surface area contributed by atoms with E-state index in [0.29, 0.717) is 0 Å². The van der Waals surface area contributed by atoms with Crippen molar-refractivity contribution in [2.24, 2.45) is 7.05 Å². The molecule has 0 atom stereocenters. The molecule has 0 N–H and O–H groups in total. The number of aryl methyl sites for hydroxylation is 1. The van der Waals surface area contributed by atoms with Gasteiger partial charge in [0.25, 0.3) is 0 Å². The maximum atomic E-state index is 5.26. The first kappa shape index (κ1) is 11.7. The molecule has 1 heterocycles. The van der Waals surface area contributed by atoms with Crippen molar-refractivity contribution in [2.45, 2.75) is 18.3 Å². The number of rotatable bonds is 3. The van der Waals surface area contributed by atoms with Crippen LogP contribution in [0.4, 0.5) is 0 Å². The van der Waals surface area contributed by atoms with Crippen LogP contribution >= 0.6 is 15.9 Å². The average Bonchev–Trinajstić information content (AvgIpc) is 3.06. The molecule has 0 aliphatic heterocycles. The highest BCUT2D eigenvalue weighted by molar-refractivity contribution is 9.10. The first-order valence-electron chi connectivity index (χ1n) is 5.86. The summed E-state index contributed by atoms with van der Waals surface area (Å²) in [4.78, 5) is 4.40. The highest BCUT2D eigenvalue weighted by Crippen LogP contribution is 2.52. The summed E-state index contributed by atoms with van der Waals surface area (Å²) < 4.78 is 8.00. The molecule has 0 bridgehead atoms. The molecule has 1 aliphatic rings. The minimum atomic E-state index is 0.00997. The Hall–Kier alpha value is -1.36. The molecular formula is C13H14BrN3O. The molecule has 0 unspecified atom stereocenters. The van der Waals surface area contributed by atoms with Gasteiger partial charge in [0.2, 0.25) is 0 Å². The predicted molar refractivity (Wildman–Crippen MR) is 71.7 cm³/mol. The first-order chi connectivity index (χ1) is 8.65. The van der Waals surface area contributed by atoms with Crippen LogP contribution in [0, 0.1) is 0 Å². The van der Waals surface area contributed by atoms with Gasteiger partial charge in [0, 0.05) is 7.05 Å². The van der Waals surface area contributed by atoms with Gasteiger partial charge in [0.05, 0.1) is 17.0 Å². The van der Waals surface area contributed by atoms with Crippen LogP contribution in [0.15, 0.2) is 29.0 Å². The van der Waals surface area contributed by atoms with Gasteiger partial charge >= 0.3 is 0 Å². The summed E-state index contributed by atoms with van der Waals surface area (Å²) in [5, 5.41) is 4.45. The van der Waals surface area contributed by atoms with Crippen molar-refractivity contribution in [3.05, 3.63) is 40.4 Å². The lowest BCUT2D eigenvalue weighted by Gasteiger charge is -2.13. The molecule has 4 nitrogen and oxygen atoms in total. The fourth-order valence-corrected chi connectivity index (χ4v) is 2.83. The first-order valence-corrected chi connectivity index (χ1v) is 6.65. The Bertz CT molecular complexity index is 590. The van der Waals surface area contributed by atoms with Gasteiger partial charge in [-0.3, -0.25) is 4.68 Å². The van der Waals surface area contributed by atoms with Gasteiger partial charge in [-0.2, -0.15) is 5.10 Å². The Balaban J connectivity index is 2.02. The van der Waals surface area contributed by atoms with Crippen molar-refractivity contribution in [1.29, 1.82) is 0 Å². The van der Waals surface area contributed by atoms with Crippen molar-refractivity contribution in [1.82, 2.24) is 14.8 Å². The molecule has 1 aliphatic carbocycles. The normalized spacial score (nSPS) is 16.6. The predicted octanol–water partition coefficient (Wildman–Crippen LogP) is 2.67. The van der Waals surface area contributed by atoms with Crippen LogP contribution in [0.2, 0.25) is 0 Å². The third-order valence-corrected chi connectivity index (χ3v) is 4.10. The second kappa shape index (κ2) is 4.09. The van der Waals surface area contributed by atoms with Crippen LogP contribution in [0.25, 0.3) is 0 Å². The van der Waals surface area contributed by atoms with Crippen molar-refractivity contribution in [2.75, 3.05) is 7.11 Å². The number of methoxy groups -OCH3 is 1. The topological polar surface area (TPSA) is 39.9 Å². The number of aromatic nitrogens is 3. The summed E-state index contributed by atoms with van der Waals surface area (Å²) in [6, 6.07) is 6.21. The number of benzene rings is 1. The summed E-state index contributed by atoms with van der Waals surface area (Å²) in [5.41, 5.74) is 1.26. The third-order valence-electron chi connectivity index (χ3n) is 3.48. The summed E-state index contributed by atoms with van der Waals surface area (Å²) >= 11 is 3.53. The molecule has 3 rings (SSSR count). The lowest BCUT2D eigenvalue weighted by molar-refractivity contribution is 0.412. The minimum absolute atomic E-state index is 0.00997. The van der Waals surface area contributed by atoms with Crippen LogP contribution in [0.5, 0.6) is 5.75 Å². The van der Waals surface area contributed by atoms with Crippen molar-refractivity contribution in [3.63, 3.8) is 0 Å². The van der Waals surface area contributed by atoms with E-state index in [-0.39, 0.29) is 5.41 Å². The fraction of sp³-hybridized carbons (Fsp3) is 0.385. The Kier molecular flexibility index (Phi) is 2.66. The largest absolute Gasteiger partial charge is 0.496 e. The monoisotopic (exact) mass is 307 g/mol. The highest BCUT2D eigenvalue weighted by atomic mass is 79.9. The van der Waals surface area contributed by atoms with Gasteiger partial charge in [-0.25, -0.2) is 4.98 Å². The molecule has 0 spiro atoms. The molecule has 94 valence electrons. The van der Waals surface area contributed by atoms with Crippen LogP contribution in [0.1, 0.15) is 24.2 Å². The Morgan fingerprint density at radius 2 is 2.17 bits per heavy atom. The molecule has 0 saturated heterocycles. The summed E-state index contributed by atoms with van der Waals surface area (Å²) in [7, 11) is 3.57. The lowest BCUT2D eigenvalue weighted by atomic mass is 9.95. The molecule has 1 saturated carbocycles. The molecule has 1 aromatic heterocycles. The van der Waals surface area contributed by atoms with Gasteiger partial charge in [-0.15, -0.1) is 0 Å². The summed E-state index contributed by atoms with van der Waals surface area (Å²) in [5.74, 6) is 1.77. The van der Waals surface area contributed by atoms with Crippen molar-refractivity contribution < 1.29 is 4.74 Å². The number of ether oxygens (including phenoxy) is 1. The molecular weight excluding hydrogens is 294 g/mol. The standard InChI is InChI=1S/C13H14BrN3O/c1-17-8-15-12(16-17)13(5-6-13)9-3-4-11(18-2)10(14)7-9/h3-4,7-8H,5-6H2,1-2H3. The molecule has 0 amide bonds. The van der Waals surface area contributed by atoms with Crippen LogP contribution in [-0.2, 0) is 12.5 Å².